The fourth-order valence-corrected chi connectivity index (χ4v) is 114. The Morgan fingerprint density at radius 2 is 1.20 bits per heavy atom. The second kappa shape index (κ2) is 5.50. The van der Waals surface area contributed by atoms with Gasteiger partial charge in [-0.15, -0.1) is 11.3 Å². The maximum absolute atomic E-state index is 3.97. The highest BCUT2D eigenvalue weighted by Crippen LogP contribution is 2.38. The Morgan fingerprint density at radius 3 is 1.45 bits per heavy atom. The van der Waals surface area contributed by atoms with Gasteiger partial charge in [-0.05, 0) is 10.6 Å². The van der Waals surface area contributed by atoms with E-state index in [-0.39, 0.29) is 0 Å². The summed E-state index contributed by atoms with van der Waals surface area (Å²) in [6, 6.07) is 4.80. The number of hydrogen-bond donors (Lipinski definition) is 0. The molecule has 114 valence electrons. The Labute approximate surface area is 133 Å². The summed E-state index contributed by atoms with van der Waals surface area (Å²) in [5.74, 6) is 0. The summed E-state index contributed by atoms with van der Waals surface area (Å²) in [6.45, 7) is 26.5. The van der Waals surface area contributed by atoms with Crippen LogP contribution in [0, 0.1) is 0 Å². The molecular formula is C15H32SSi4. The fraction of sp³-hybridized carbons (Fsp3) is 0.600. The zero-order valence-electron chi connectivity index (χ0n) is 14.8. The Hall–Kier alpha value is 0.308. The summed E-state index contributed by atoms with van der Waals surface area (Å²) in [6.07, 6.45) is 2.03. The first-order valence-corrected chi connectivity index (χ1v) is 23.8. The lowest BCUT2D eigenvalue weighted by atomic mass is 10.5. The Balaban J connectivity index is 3.76. The second-order valence-corrected chi connectivity index (χ2v) is 50.7. The molecule has 0 amide bonds. The minimum absolute atomic E-state index is 1.21. The molecule has 0 bridgehead atoms. The van der Waals surface area contributed by atoms with Gasteiger partial charge in [-0.3, -0.25) is 0 Å². The van der Waals surface area contributed by atoms with Crippen LogP contribution in [0.3, 0.4) is 0 Å². The number of thiophene rings is 1. The van der Waals surface area contributed by atoms with Crippen LogP contribution in [-0.4, -0.2) is 29.4 Å². The predicted molar refractivity (Wildman–Crippen MR) is 110 cm³/mol. The zero-order chi connectivity index (χ0) is 16.0. The minimum atomic E-state index is -1.38. The molecule has 1 aromatic rings. The highest BCUT2D eigenvalue weighted by Gasteiger charge is 2.63. The molecule has 0 saturated heterocycles. The molecule has 0 radical (unpaired) electrons. The zero-order valence-corrected chi connectivity index (χ0v) is 19.7. The molecule has 20 heavy (non-hydrogen) atoms. The highest BCUT2D eigenvalue weighted by atomic mass is 32.1. The first-order valence-electron chi connectivity index (χ1n) is 7.52. The Bertz CT molecular complexity index is 447. The molecule has 1 aromatic heterocycles. The van der Waals surface area contributed by atoms with E-state index in [4.69, 9.17) is 0 Å². The van der Waals surface area contributed by atoms with Crippen molar-refractivity contribution in [2.45, 2.75) is 58.9 Å². The third-order valence-corrected chi connectivity index (χ3v) is 79.2. The lowest BCUT2D eigenvalue weighted by Crippen LogP contribution is -2.87. The average Bonchev–Trinajstić information content (AvgIpc) is 2.59. The van der Waals surface area contributed by atoms with Crippen molar-refractivity contribution < 1.29 is 0 Å². The third-order valence-electron chi connectivity index (χ3n) is 4.57. The molecule has 5 heteroatoms. The van der Waals surface area contributed by atoms with Crippen molar-refractivity contribution in [2.24, 2.45) is 0 Å². The molecule has 1 heterocycles. The van der Waals surface area contributed by atoms with Crippen LogP contribution in [0.25, 0.3) is 6.08 Å². The van der Waals surface area contributed by atoms with Gasteiger partial charge in [-0.1, -0.05) is 77.6 Å². The standard InChI is InChI=1S/C15H32SSi4/c1-11-14-12-13-15(16-14)20(17(2,3)4,18(5,6)7)19(8,9)10/h11-13H,1H2,2-10H3. The molecule has 1 rings (SSSR count). The normalized spacial score (nSPS) is 14.4. The molecule has 0 unspecified atom stereocenters. The van der Waals surface area contributed by atoms with Crippen LogP contribution in [0.2, 0.25) is 58.9 Å². The van der Waals surface area contributed by atoms with Crippen LogP contribution in [0.4, 0.5) is 0 Å². The third kappa shape index (κ3) is 2.79. The smallest absolute Gasteiger partial charge is 0.0806 e. The van der Waals surface area contributed by atoms with E-state index >= 15 is 0 Å². The maximum atomic E-state index is 3.97. The fourth-order valence-electron chi connectivity index (χ4n) is 5.15. The van der Waals surface area contributed by atoms with Crippen LogP contribution < -0.4 is 4.50 Å². The van der Waals surface area contributed by atoms with Crippen molar-refractivity contribution >= 4 is 51.3 Å². The molecule has 0 spiro atoms. The SMILES string of the molecule is C=Cc1ccc([Si]([Si](C)(C)C)([Si](C)(C)C)[Si](C)(C)C)s1. The average molecular weight is 357 g/mol. The van der Waals surface area contributed by atoms with Gasteiger partial charge < -0.3 is 0 Å². The van der Waals surface area contributed by atoms with E-state index in [1.807, 2.05) is 10.6 Å². The first kappa shape index (κ1) is 18.4. The molecule has 0 N–H and O–H groups in total. The molecule has 0 atom stereocenters. The Kier molecular flexibility index (Phi) is 5.05. The largest absolute Gasteiger partial charge is 0.147 e. The van der Waals surface area contributed by atoms with Gasteiger partial charge in [0.1, 0.15) is 0 Å². The summed E-state index contributed by atoms with van der Waals surface area (Å²) in [7, 11) is -3.63. The van der Waals surface area contributed by atoms with Gasteiger partial charge >= 0.3 is 0 Å². The van der Waals surface area contributed by atoms with Crippen LogP contribution in [0.15, 0.2) is 18.7 Å². The second-order valence-electron chi connectivity index (χ2n) is 8.91. The van der Waals surface area contributed by atoms with Gasteiger partial charge in [0, 0.05) is 27.7 Å². The van der Waals surface area contributed by atoms with E-state index < -0.39 is 29.4 Å². The minimum Gasteiger partial charge on any atom is -0.147 e. The van der Waals surface area contributed by atoms with E-state index in [2.05, 4.69) is 89.0 Å². The van der Waals surface area contributed by atoms with Gasteiger partial charge in [-0.2, -0.15) is 0 Å². The van der Waals surface area contributed by atoms with Crippen molar-refractivity contribution in [1.82, 2.24) is 0 Å². The molecule has 0 aliphatic carbocycles. The van der Waals surface area contributed by atoms with E-state index in [1.54, 1.807) is 0 Å². The van der Waals surface area contributed by atoms with Crippen molar-refractivity contribution in [2.75, 3.05) is 0 Å². The lowest BCUT2D eigenvalue weighted by molar-refractivity contribution is 1.74. The van der Waals surface area contributed by atoms with E-state index in [0.29, 0.717) is 0 Å². The monoisotopic (exact) mass is 356 g/mol. The molecule has 0 aliphatic heterocycles. The van der Waals surface area contributed by atoms with Crippen molar-refractivity contribution in [1.29, 1.82) is 0 Å². The summed E-state index contributed by atoms with van der Waals surface area (Å²) in [5.41, 5.74) is 0. The lowest BCUT2D eigenvalue weighted by Gasteiger charge is -2.56. The molecule has 0 nitrogen and oxygen atoms in total. The van der Waals surface area contributed by atoms with Gasteiger partial charge in [0.2, 0.25) is 0 Å². The topological polar surface area (TPSA) is 0 Å². The summed E-state index contributed by atoms with van der Waals surface area (Å²) in [4.78, 5) is 1.37. The summed E-state index contributed by atoms with van der Waals surface area (Å²) >= 11 is 2.07. The van der Waals surface area contributed by atoms with Crippen molar-refractivity contribution in [3.8, 4) is 0 Å². The van der Waals surface area contributed by atoms with E-state index in [1.165, 1.54) is 4.88 Å². The van der Waals surface area contributed by atoms with Crippen LogP contribution in [0.1, 0.15) is 4.88 Å². The molecule has 0 fully saturated rings. The highest BCUT2D eigenvalue weighted by molar-refractivity contribution is 7.94. The van der Waals surface area contributed by atoms with Crippen molar-refractivity contribution in [3.63, 3.8) is 0 Å². The van der Waals surface area contributed by atoms with Crippen LogP contribution in [-0.2, 0) is 0 Å². The van der Waals surface area contributed by atoms with Crippen LogP contribution >= 0.6 is 11.3 Å². The molecular weight excluding hydrogens is 325 g/mol. The first-order chi connectivity index (χ1) is 8.79. The predicted octanol–water partition coefficient (Wildman–Crippen LogP) is 5.30. The van der Waals surface area contributed by atoms with Crippen molar-refractivity contribution in [3.05, 3.63) is 23.6 Å². The number of rotatable bonds is 5. The van der Waals surface area contributed by atoms with Crippen LogP contribution in [0.5, 0.6) is 0 Å². The quantitative estimate of drug-likeness (QED) is 0.628. The molecule has 0 saturated carbocycles. The summed E-state index contributed by atoms with van der Waals surface area (Å²) in [5, 5.41) is 0. The van der Waals surface area contributed by atoms with Gasteiger partial charge in [0.15, 0.2) is 0 Å². The van der Waals surface area contributed by atoms with E-state index in [9.17, 15) is 0 Å². The maximum Gasteiger partial charge on any atom is 0.0806 e. The van der Waals surface area contributed by atoms with Gasteiger partial charge in [-0.25, -0.2) is 0 Å². The van der Waals surface area contributed by atoms with Gasteiger partial charge in [0.05, 0.1) is 6.63 Å². The Morgan fingerprint density at radius 1 is 0.800 bits per heavy atom. The number of hydrogen-bond acceptors (Lipinski definition) is 1. The van der Waals surface area contributed by atoms with Gasteiger partial charge in [0.25, 0.3) is 0 Å². The van der Waals surface area contributed by atoms with E-state index in [0.717, 1.165) is 0 Å². The molecule has 0 aromatic carbocycles. The molecule has 0 aliphatic rings. The summed E-state index contributed by atoms with van der Waals surface area (Å²) < 4.78 is 1.81.